The van der Waals surface area contributed by atoms with E-state index in [0.29, 0.717) is 0 Å². The molecule has 0 amide bonds. The van der Waals surface area contributed by atoms with Crippen LogP contribution < -0.4 is 16.0 Å². The van der Waals surface area contributed by atoms with Crippen molar-refractivity contribution in [2.45, 2.75) is 20.3 Å². The molecule has 3 aromatic rings. The highest BCUT2D eigenvalue weighted by molar-refractivity contribution is 7.09. The van der Waals surface area contributed by atoms with Gasteiger partial charge in [0.05, 0.1) is 6.67 Å². The van der Waals surface area contributed by atoms with Gasteiger partial charge < -0.3 is 16.0 Å². The van der Waals surface area contributed by atoms with Crippen molar-refractivity contribution >= 4 is 28.6 Å². The van der Waals surface area contributed by atoms with Crippen molar-refractivity contribution in [3.63, 3.8) is 0 Å². The third-order valence-electron chi connectivity index (χ3n) is 4.63. The Kier molecular flexibility index (Phi) is 4.05. The average Bonchev–Trinajstić information content (AvgIpc) is 3.21. The Bertz CT molecular complexity index is 918. The monoisotopic (exact) mass is 351 g/mol. The smallest absolute Gasteiger partial charge is 0.144 e. The number of benzene rings is 2. The first-order valence-electron chi connectivity index (χ1n) is 8.39. The van der Waals surface area contributed by atoms with Gasteiger partial charge in [-0.15, -0.1) is 0 Å². The van der Waals surface area contributed by atoms with Gasteiger partial charge in [-0.1, -0.05) is 18.2 Å². The zero-order valence-electron chi connectivity index (χ0n) is 14.4. The lowest BCUT2D eigenvalue weighted by Gasteiger charge is -2.22. The lowest BCUT2D eigenvalue weighted by molar-refractivity contribution is 0.875. The van der Waals surface area contributed by atoms with Crippen LogP contribution in [-0.2, 0) is 6.42 Å². The number of rotatable bonds is 4. The van der Waals surface area contributed by atoms with Crippen LogP contribution in [0.1, 0.15) is 17.0 Å². The number of nitrogens with two attached hydrogens (primary N) is 1. The molecule has 1 aliphatic rings. The van der Waals surface area contributed by atoms with Crippen LogP contribution in [-0.4, -0.2) is 22.6 Å². The Morgan fingerprint density at radius 2 is 2.12 bits per heavy atom. The molecule has 0 fully saturated rings. The summed E-state index contributed by atoms with van der Waals surface area (Å²) in [6, 6.07) is 12.5. The molecule has 25 heavy (non-hydrogen) atoms. The molecule has 4 rings (SSSR count). The standard InChI is InChI=1S/C19H21N5S/c1-12-6-7-14(19-22-13(2)23-25-19)10-17(12)21-11-24-9-8-15-16(20)4-3-5-18(15)24/h3-7,10,21H,8-9,11,20H2,1-2H3. The summed E-state index contributed by atoms with van der Waals surface area (Å²) in [6.45, 7) is 5.79. The predicted molar refractivity (Wildman–Crippen MR) is 105 cm³/mol. The molecule has 2 heterocycles. The number of hydrogen-bond donors (Lipinski definition) is 2. The van der Waals surface area contributed by atoms with Gasteiger partial charge in [0.1, 0.15) is 10.8 Å². The molecule has 0 bridgehead atoms. The number of aromatic nitrogens is 2. The van der Waals surface area contributed by atoms with Gasteiger partial charge in [-0.3, -0.25) is 0 Å². The average molecular weight is 351 g/mol. The largest absolute Gasteiger partial charge is 0.398 e. The molecular formula is C19H21N5S. The molecule has 3 N–H and O–H groups in total. The summed E-state index contributed by atoms with van der Waals surface area (Å²) in [6.07, 6.45) is 1.01. The number of anilines is 3. The van der Waals surface area contributed by atoms with Gasteiger partial charge in [0.2, 0.25) is 0 Å². The lowest BCUT2D eigenvalue weighted by atomic mass is 10.1. The first-order valence-corrected chi connectivity index (χ1v) is 9.16. The van der Waals surface area contributed by atoms with Crippen LogP contribution in [0.4, 0.5) is 17.1 Å². The van der Waals surface area contributed by atoms with E-state index in [2.05, 4.69) is 50.8 Å². The summed E-state index contributed by atoms with van der Waals surface area (Å²) in [4.78, 5) is 6.82. The van der Waals surface area contributed by atoms with Gasteiger partial charge in [0.25, 0.3) is 0 Å². The molecule has 0 atom stereocenters. The van der Waals surface area contributed by atoms with Crippen molar-refractivity contribution in [1.29, 1.82) is 0 Å². The van der Waals surface area contributed by atoms with Crippen molar-refractivity contribution in [3.8, 4) is 10.6 Å². The van der Waals surface area contributed by atoms with E-state index in [-0.39, 0.29) is 0 Å². The third kappa shape index (κ3) is 3.05. The molecule has 0 radical (unpaired) electrons. The molecule has 0 saturated carbocycles. The van der Waals surface area contributed by atoms with Crippen LogP contribution >= 0.6 is 11.5 Å². The first kappa shape index (κ1) is 15.9. The minimum atomic E-state index is 0.760. The number of fused-ring (bicyclic) bond motifs is 1. The summed E-state index contributed by atoms with van der Waals surface area (Å²) in [7, 11) is 0. The molecule has 5 nitrogen and oxygen atoms in total. The lowest BCUT2D eigenvalue weighted by Crippen LogP contribution is -2.27. The third-order valence-corrected chi connectivity index (χ3v) is 5.49. The minimum Gasteiger partial charge on any atom is -0.398 e. The van der Waals surface area contributed by atoms with E-state index in [9.17, 15) is 0 Å². The van der Waals surface area contributed by atoms with Crippen molar-refractivity contribution < 1.29 is 0 Å². The zero-order valence-corrected chi connectivity index (χ0v) is 15.2. The van der Waals surface area contributed by atoms with E-state index >= 15 is 0 Å². The normalized spacial score (nSPS) is 13.1. The van der Waals surface area contributed by atoms with Crippen molar-refractivity contribution in [3.05, 3.63) is 53.3 Å². The highest BCUT2D eigenvalue weighted by Gasteiger charge is 2.20. The number of nitrogen functional groups attached to an aromatic ring is 1. The van der Waals surface area contributed by atoms with Crippen LogP contribution in [0, 0.1) is 13.8 Å². The second kappa shape index (κ2) is 6.37. The zero-order chi connectivity index (χ0) is 17.4. The van der Waals surface area contributed by atoms with Crippen LogP contribution in [0.2, 0.25) is 0 Å². The molecule has 0 unspecified atom stereocenters. The van der Waals surface area contributed by atoms with E-state index in [1.165, 1.54) is 28.3 Å². The number of hydrogen-bond acceptors (Lipinski definition) is 6. The molecule has 0 aliphatic carbocycles. The van der Waals surface area contributed by atoms with Crippen LogP contribution in [0.3, 0.4) is 0 Å². The summed E-state index contributed by atoms with van der Waals surface area (Å²) in [5.74, 6) is 0.821. The molecule has 0 spiro atoms. The van der Waals surface area contributed by atoms with Crippen molar-refractivity contribution in [1.82, 2.24) is 9.36 Å². The Labute approximate surface area is 151 Å². The predicted octanol–water partition coefficient (Wildman–Crippen LogP) is 3.84. The summed E-state index contributed by atoms with van der Waals surface area (Å²) in [5.41, 5.74) is 12.9. The topological polar surface area (TPSA) is 67.1 Å². The Balaban J connectivity index is 1.53. The molecule has 128 valence electrons. The van der Waals surface area contributed by atoms with E-state index in [1.807, 2.05) is 19.1 Å². The van der Waals surface area contributed by atoms with Gasteiger partial charge in [-0.2, -0.15) is 4.37 Å². The number of nitrogens with zero attached hydrogens (tertiary/aromatic N) is 3. The van der Waals surface area contributed by atoms with Crippen LogP contribution in [0.25, 0.3) is 10.6 Å². The Morgan fingerprint density at radius 1 is 1.24 bits per heavy atom. The quantitative estimate of drug-likeness (QED) is 0.699. The Morgan fingerprint density at radius 3 is 2.92 bits per heavy atom. The van der Waals surface area contributed by atoms with Gasteiger partial charge in [-0.25, -0.2) is 4.98 Å². The second-order valence-electron chi connectivity index (χ2n) is 6.37. The molecule has 0 saturated heterocycles. The number of nitrogens with one attached hydrogen (secondary N) is 1. The summed E-state index contributed by atoms with van der Waals surface area (Å²) in [5, 5.41) is 4.53. The van der Waals surface area contributed by atoms with Gasteiger partial charge >= 0.3 is 0 Å². The summed E-state index contributed by atoms with van der Waals surface area (Å²) < 4.78 is 4.28. The van der Waals surface area contributed by atoms with Crippen molar-refractivity contribution in [2.75, 3.05) is 29.2 Å². The van der Waals surface area contributed by atoms with Crippen LogP contribution in [0.5, 0.6) is 0 Å². The molecule has 6 heteroatoms. The SMILES string of the molecule is Cc1nsc(-c2ccc(C)c(NCN3CCc4c(N)cccc43)c2)n1. The maximum atomic E-state index is 6.09. The molecule has 1 aromatic heterocycles. The fraction of sp³-hybridized carbons (Fsp3) is 0.263. The fourth-order valence-corrected chi connectivity index (χ4v) is 3.90. The summed E-state index contributed by atoms with van der Waals surface area (Å²) >= 11 is 1.44. The Hall–Kier alpha value is -2.60. The van der Waals surface area contributed by atoms with Crippen molar-refractivity contribution in [2.24, 2.45) is 0 Å². The molecule has 2 aromatic carbocycles. The fourth-order valence-electron chi connectivity index (χ4n) is 3.23. The maximum absolute atomic E-state index is 6.09. The second-order valence-corrected chi connectivity index (χ2v) is 7.12. The molecule has 1 aliphatic heterocycles. The number of aryl methyl sites for hydroxylation is 2. The van der Waals surface area contributed by atoms with E-state index in [0.717, 1.165) is 47.4 Å². The highest BCUT2D eigenvalue weighted by atomic mass is 32.1. The molecular weight excluding hydrogens is 330 g/mol. The highest BCUT2D eigenvalue weighted by Crippen LogP contribution is 2.32. The van der Waals surface area contributed by atoms with Gasteiger partial charge in [-0.05, 0) is 55.6 Å². The van der Waals surface area contributed by atoms with Gasteiger partial charge in [0, 0.05) is 34.7 Å². The maximum Gasteiger partial charge on any atom is 0.144 e. The van der Waals surface area contributed by atoms with Crippen LogP contribution in [0.15, 0.2) is 36.4 Å². The van der Waals surface area contributed by atoms with E-state index < -0.39 is 0 Å². The van der Waals surface area contributed by atoms with Gasteiger partial charge in [0.15, 0.2) is 0 Å². The van der Waals surface area contributed by atoms with E-state index in [4.69, 9.17) is 5.73 Å². The van der Waals surface area contributed by atoms with E-state index in [1.54, 1.807) is 0 Å². The first-order chi connectivity index (χ1) is 12.1. The minimum absolute atomic E-state index is 0.760.